The monoisotopic (exact) mass is 187 g/mol. The molecule has 5 nitrogen and oxygen atoms in total. The molecule has 3 N–H and O–H groups in total. The van der Waals surface area contributed by atoms with Crippen molar-refractivity contribution in [3.05, 3.63) is 0 Å². The number of hydrogen-bond acceptors (Lipinski definition) is 4. The lowest BCUT2D eigenvalue weighted by Crippen LogP contribution is -2.52. The van der Waals surface area contributed by atoms with E-state index in [2.05, 4.69) is 16.3 Å². The summed E-state index contributed by atoms with van der Waals surface area (Å²) in [6, 6.07) is 0. The lowest BCUT2D eigenvalue weighted by molar-refractivity contribution is -0.125. The zero-order valence-electron chi connectivity index (χ0n) is 8.52. The highest BCUT2D eigenvalue weighted by Crippen LogP contribution is 2.27. The number of hydroxylamine groups is 1. The second-order valence-electron chi connectivity index (χ2n) is 4.30. The summed E-state index contributed by atoms with van der Waals surface area (Å²) in [5.74, 6) is -0.130. The Morgan fingerprint density at radius 3 is 2.46 bits per heavy atom. The van der Waals surface area contributed by atoms with Crippen molar-refractivity contribution < 1.29 is 9.63 Å². The van der Waals surface area contributed by atoms with Gasteiger partial charge in [0.25, 0.3) is 0 Å². The Bertz CT molecular complexity index is 217. The number of carbonyl (C=O) groups is 1. The van der Waals surface area contributed by atoms with Crippen LogP contribution in [0.1, 0.15) is 34.1 Å². The van der Waals surface area contributed by atoms with Gasteiger partial charge < -0.3 is 0 Å². The third-order valence-corrected chi connectivity index (χ3v) is 1.83. The van der Waals surface area contributed by atoms with Gasteiger partial charge in [-0.15, -0.1) is 0 Å². The van der Waals surface area contributed by atoms with Crippen LogP contribution in [0.3, 0.4) is 0 Å². The van der Waals surface area contributed by atoms with E-state index in [1.807, 2.05) is 20.8 Å². The van der Waals surface area contributed by atoms with Crippen molar-refractivity contribution in [1.82, 2.24) is 16.3 Å². The zero-order chi connectivity index (χ0) is 10.1. The number of rotatable bonds is 2. The summed E-state index contributed by atoms with van der Waals surface area (Å²) in [6.07, 6.45) is 0.778. The van der Waals surface area contributed by atoms with Gasteiger partial charge in [0.15, 0.2) is 5.72 Å². The minimum Gasteiger partial charge on any atom is -0.289 e. The second-order valence-corrected chi connectivity index (χ2v) is 4.30. The van der Waals surface area contributed by atoms with Gasteiger partial charge in [0, 0.05) is 18.9 Å². The van der Waals surface area contributed by atoms with E-state index in [0.29, 0.717) is 0 Å². The largest absolute Gasteiger partial charge is 0.289 e. The van der Waals surface area contributed by atoms with Gasteiger partial charge in [-0.3, -0.25) is 15.1 Å². The molecule has 76 valence electrons. The molecule has 1 rings (SSSR count). The molecule has 0 aliphatic carbocycles. The van der Waals surface area contributed by atoms with Crippen LogP contribution < -0.4 is 16.3 Å². The van der Waals surface area contributed by atoms with E-state index in [4.69, 9.17) is 4.84 Å². The molecule has 0 aromatic rings. The van der Waals surface area contributed by atoms with E-state index in [1.165, 1.54) is 6.92 Å². The smallest absolute Gasteiger partial charge is 0.231 e. The molecule has 1 heterocycles. The maximum atomic E-state index is 10.7. The molecule has 1 aliphatic heterocycles. The third-order valence-electron chi connectivity index (χ3n) is 1.83. The lowest BCUT2D eigenvalue weighted by Gasteiger charge is -2.23. The van der Waals surface area contributed by atoms with Crippen molar-refractivity contribution in [3.63, 3.8) is 0 Å². The average Bonchev–Trinajstić information content (AvgIpc) is 2.23. The SMILES string of the molecule is CC(=O)NN[C@@]1(C)CC(C)(C)NO1. The molecule has 0 radical (unpaired) electrons. The highest BCUT2D eigenvalue weighted by Gasteiger charge is 2.41. The fraction of sp³-hybridized carbons (Fsp3) is 0.875. The maximum absolute atomic E-state index is 10.7. The van der Waals surface area contributed by atoms with Gasteiger partial charge in [-0.2, -0.15) is 5.48 Å². The Balaban J connectivity index is 2.45. The molecule has 1 amide bonds. The molecular formula is C8H17N3O2. The molecule has 13 heavy (non-hydrogen) atoms. The number of carbonyl (C=O) groups excluding carboxylic acids is 1. The number of hydrazine groups is 1. The van der Waals surface area contributed by atoms with Gasteiger partial charge in [0.05, 0.1) is 0 Å². The Labute approximate surface area is 78.1 Å². The van der Waals surface area contributed by atoms with Crippen LogP contribution in [-0.2, 0) is 9.63 Å². The number of amides is 1. The van der Waals surface area contributed by atoms with E-state index in [0.717, 1.165) is 6.42 Å². The average molecular weight is 187 g/mol. The first-order chi connectivity index (χ1) is 5.83. The Morgan fingerprint density at radius 2 is 2.08 bits per heavy atom. The van der Waals surface area contributed by atoms with Crippen molar-refractivity contribution in [3.8, 4) is 0 Å². The van der Waals surface area contributed by atoms with E-state index >= 15 is 0 Å². The van der Waals surface area contributed by atoms with Gasteiger partial charge in [-0.1, -0.05) is 0 Å². The summed E-state index contributed by atoms with van der Waals surface area (Å²) < 4.78 is 0. The van der Waals surface area contributed by atoms with Gasteiger partial charge in [0.1, 0.15) is 0 Å². The van der Waals surface area contributed by atoms with Crippen LogP contribution in [0.25, 0.3) is 0 Å². The van der Waals surface area contributed by atoms with Gasteiger partial charge in [-0.05, 0) is 20.8 Å². The van der Waals surface area contributed by atoms with Crippen LogP contribution in [0.5, 0.6) is 0 Å². The molecule has 0 aromatic heterocycles. The molecule has 1 fully saturated rings. The Kier molecular flexibility index (Phi) is 2.61. The molecule has 0 unspecified atom stereocenters. The summed E-state index contributed by atoms with van der Waals surface area (Å²) >= 11 is 0. The van der Waals surface area contributed by atoms with Crippen LogP contribution >= 0.6 is 0 Å². The summed E-state index contributed by atoms with van der Waals surface area (Å²) in [7, 11) is 0. The molecule has 1 aliphatic rings. The van der Waals surface area contributed by atoms with Crippen molar-refractivity contribution in [2.24, 2.45) is 0 Å². The van der Waals surface area contributed by atoms with E-state index < -0.39 is 5.72 Å². The fourth-order valence-corrected chi connectivity index (χ4v) is 1.46. The Hall–Kier alpha value is -0.650. The summed E-state index contributed by atoms with van der Waals surface area (Å²) in [5, 5.41) is 0. The van der Waals surface area contributed by atoms with Gasteiger partial charge in [-0.25, -0.2) is 5.43 Å². The minimum atomic E-state index is -0.533. The second kappa shape index (κ2) is 3.25. The van der Waals surface area contributed by atoms with Crippen molar-refractivity contribution in [1.29, 1.82) is 0 Å². The van der Waals surface area contributed by atoms with Crippen molar-refractivity contribution in [2.45, 2.75) is 45.4 Å². The van der Waals surface area contributed by atoms with Crippen LogP contribution in [0.2, 0.25) is 0 Å². The minimum absolute atomic E-state index is 0.0692. The Morgan fingerprint density at radius 1 is 1.46 bits per heavy atom. The van der Waals surface area contributed by atoms with E-state index in [1.54, 1.807) is 0 Å². The van der Waals surface area contributed by atoms with Gasteiger partial charge >= 0.3 is 0 Å². The van der Waals surface area contributed by atoms with Crippen molar-refractivity contribution in [2.75, 3.05) is 0 Å². The highest BCUT2D eigenvalue weighted by molar-refractivity contribution is 5.72. The maximum Gasteiger partial charge on any atom is 0.231 e. The summed E-state index contributed by atoms with van der Waals surface area (Å²) in [6.45, 7) is 7.40. The number of hydrogen-bond donors (Lipinski definition) is 3. The number of nitrogens with one attached hydrogen (secondary N) is 3. The molecule has 1 saturated heterocycles. The summed E-state index contributed by atoms with van der Waals surface area (Å²) in [5.41, 5.74) is 7.64. The molecule has 0 saturated carbocycles. The van der Waals surface area contributed by atoms with Crippen LogP contribution in [0.4, 0.5) is 0 Å². The van der Waals surface area contributed by atoms with E-state index in [-0.39, 0.29) is 11.4 Å². The lowest BCUT2D eigenvalue weighted by atomic mass is 9.97. The van der Waals surface area contributed by atoms with Crippen LogP contribution in [0, 0.1) is 0 Å². The normalized spacial score (nSPS) is 31.7. The van der Waals surface area contributed by atoms with Crippen molar-refractivity contribution >= 4 is 5.91 Å². The predicted octanol–water partition coefficient (Wildman–Crippen LogP) is 0.0468. The predicted molar refractivity (Wildman–Crippen MR) is 48.3 cm³/mol. The molecule has 0 aromatic carbocycles. The molecule has 5 heteroatoms. The fourth-order valence-electron chi connectivity index (χ4n) is 1.46. The first-order valence-electron chi connectivity index (χ1n) is 4.32. The van der Waals surface area contributed by atoms with E-state index in [9.17, 15) is 4.79 Å². The molecule has 1 atom stereocenters. The first kappa shape index (κ1) is 10.4. The topological polar surface area (TPSA) is 62.4 Å². The zero-order valence-corrected chi connectivity index (χ0v) is 8.52. The van der Waals surface area contributed by atoms with Gasteiger partial charge in [0.2, 0.25) is 5.91 Å². The van der Waals surface area contributed by atoms with Crippen LogP contribution in [-0.4, -0.2) is 17.2 Å². The molecule has 0 bridgehead atoms. The third kappa shape index (κ3) is 2.95. The standard InChI is InChI=1S/C8H17N3O2/c1-6(12)9-10-8(4)5-7(2,3)11-13-8/h10-11H,5H2,1-4H3,(H,9,12)/t8-/m1/s1. The molecule has 0 spiro atoms. The van der Waals surface area contributed by atoms with Crippen LogP contribution in [0.15, 0.2) is 0 Å². The first-order valence-corrected chi connectivity index (χ1v) is 4.32. The summed E-state index contributed by atoms with van der Waals surface area (Å²) in [4.78, 5) is 16.0. The molecular weight excluding hydrogens is 170 g/mol. The highest BCUT2D eigenvalue weighted by atomic mass is 16.7. The quantitative estimate of drug-likeness (QED) is 0.534.